The summed E-state index contributed by atoms with van der Waals surface area (Å²) >= 11 is 0. The maximum atomic E-state index is 13.3. The highest BCUT2D eigenvalue weighted by molar-refractivity contribution is 7.89. The van der Waals surface area contributed by atoms with Gasteiger partial charge in [0.25, 0.3) is 0 Å². The lowest BCUT2D eigenvalue weighted by molar-refractivity contribution is -0.138. The molecule has 8 heteroatoms. The molecule has 1 fully saturated rings. The van der Waals surface area contributed by atoms with Crippen LogP contribution in [-0.4, -0.2) is 31.1 Å². The maximum Gasteiger partial charge on any atom is 0.416 e. The molecule has 0 N–H and O–H groups in total. The number of alkyl halides is 3. The van der Waals surface area contributed by atoms with Crippen LogP contribution in [0.25, 0.3) is 0 Å². The number of halogens is 3. The highest BCUT2D eigenvalue weighted by Gasteiger charge is 2.39. The number of hydrogen-bond donors (Lipinski definition) is 0. The third kappa shape index (κ3) is 4.59. The number of nitrogens with zero attached hydrogens (tertiary/aromatic N) is 1. The Morgan fingerprint density at radius 3 is 2.59 bits per heavy atom. The molecule has 0 saturated heterocycles. The number of hydrogen-bond acceptors (Lipinski definition) is 3. The average Bonchev–Trinajstić information content (AvgIpc) is 3.40. The molecule has 0 radical (unpaired) electrons. The Morgan fingerprint density at radius 2 is 1.86 bits per heavy atom. The van der Waals surface area contributed by atoms with Crippen LogP contribution in [0.2, 0.25) is 0 Å². The standard InChI is InChI=1S/C21H22F3NO3S/c22-21(23,24)19-4-2-1-3-17(19)14-25(18-6-7-18)29(26,27)12-10-15-5-8-20-16(13-15)9-11-28-20/h1-5,8,13,18H,6-7,9-12,14H2. The van der Waals surface area contributed by atoms with Crippen molar-refractivity contribution in [1.82, 2.24) is 4.31 Å². The summed E-state index contributed by atoms with van der Waals surface area (Å²) in [6, 6.07) is 10.6. The second-order valence-corrected chi connectivity index (χ2v) is 9.58. The molecule has 1 saturated carbocycles. The summed E-state index contributed by atoms with van der Waals surface area (Å²) in [7, 11) is -3.70. The summed E-state index contributed by atoms with van der Waals surface area (Å²) in [4.78, 5) is 0. The molecule has 0 aromatic heterocycles. The van der Waals surface area contributed by atoms with Gasteiger partial charge in [-0.15, -0.1) is 0 Å². The van der Waals surface area contributed by atoms with E-state index in [1.807, 2.05) is 18.2 Å². The first-order valence-electron chi connectivity index (χ1n) is 9.63. The molecule has 0 atom stereocenters. The van der Waals surface area contributed by atoms with Gasteiger partial charge < -0.3 is 4.74 Å². The molecule has 2 aromatic carbocycles. The molecule has 0 bridgehead atoms. The highest BCUT2D eigenvalue weighted by atomic mass is 32.2. The van der Waals surface area contributed by atoms with Crippen LogP contribution in [0.1, 0.15) is 35.1 Å². The van der Waals surface area contributed by atoms with Crippen molar-refractivity contribution in [3.8, 4) is 5.75 Å². The predicted molar refractivity (Wildman–Crippen MR) is 103 cm³/mol. The van der Waals surface area contributed by atoms with Gasteiger partial charge in [-0.25, -0.2) is 8.42 Å². The van der Waals surface area contributed by atoms with Crippen molar-refractivity contribution in [2.24, 2.45) is 0 Å². The zero-order valence-corrected chi connectivity index (χ0v) is 16.6. The normalized spacial score (nSPS) is 16.7. The molecule has 1 heterocycles. The Bertz CT molecular complexity index is 1000. The quantitative estimate of drug-likeness (QED) is 0.669. The molecule has 2 aliphatic rings. The first-order valence-corrected chi connectivity index (χ1v) is 11.2. The van der Waals surface area contributed by atoms with Crippen molar-refractivity contribution in [2.75, 3.05) is 12.4 Å². The average molecular weight is 425 g/mol. The zero-order valence-electron chi connectivity index (χ0n) is 15.8. The lowest BCUT2D eigenvalue weighted by atomic mass is 10.1. The molecule has 4 nitrogen and oxygen atoms in total. The molecule has 0 unspecified atom stereocenters. The van der Waals surface area contributed by atoms with E-state index in [0.717, 1.165) is 29.4 Å². The van der Waals surface area contributed by atoms with Crippen LogP contribution in [0.5, 0.6) is 5.75 Å². The van der Waals surface area contributed by atoms with Gasteiger partial charge in [0.1, 0.15) is 5.75 Å². The first kappa shape index (κ1) is 20.2. The smallest absolute Gasteiger partial charge is 0.416 e. The van der Waals surface area contributed by atoms with Crippen LogP contribution >= 0.6 is 0 Å². The van der Waals surface area contributed by atoms with Crippen LogP contribution in [0.15, 0.2) is 42.5 Å². The van der Waals surface area contributed by atoms with Crippen LogP contribution < -0.4 is 4.74 Å². The van der Waals surface area contributed by atoms with Crippen LogP contribution in [0.3, 0.4) is 0 Å². The third-order valence-electron chi connectivity index (χ3n) is 5.36. The minimum Gasteiger partial charge on any atom is -0.493 e. The summed E-state index contributed by atoms with van der Waals surface area (Å²) in [5, 5.41) is 0. The number of sulfonamides is 1. The fourth-order valence-corrected chi connectivity index (χ4v) is 5.41. The summed E-state index contributed by atoms with van der Waals surface area (Å²) in [5.41, 5.74) is 1.17. The SMILES string of the molecule is O=S(=O)(CCc1ccc2c(c1)CCO2)N(Cc1ccccc1C(F)(F)F)C1CC1. The lowest BCUT2D eigenvalue weighted by Gasteiger charge is -2.24. The van der Waals surface area contributed by atoms with Gasteiger partial charge in [0.2, 0.25) is 10.0 Å². The van der Waals surface area contributed by atoms with Gasteiger partial charge in [-0.2, -0.15) is 17.5 Å². The topological polar surface area (TPSA) is 46.6 Å². The van der Waals surface area contributed by atoms with E-state index in [9.17, 15) is 21.6 Å². The fraction of sp³-hybridized carbons (Fsp3) is 0.429. The van der Waals surface area contributed by atoms with E-state index >= 15 is 0 Å². The number of rotatable bonds is 7. The lowest BCUT2D eigenvalue weighted by Crippen LogP contribution is -2.35. The van der Waals surface area contributed by atoms with Crippen molar-refractivity contribution >= 4 is 10.0 Å². The van der Waals surface area contributed by atoms with Gasteiger partial charge in [-0.1, -0.05) is 30.3 Å². The minimum absolute atomic E-state index is 0.00912. The van der Waals surface area contributed by atoms with Gasteiger partial charge in [-0.3, -0.25) is 0 Å². The number of benzene rings is 2. The molecule has 0 spiro atoms. The molecule has 1 aliphatic heterocycles. The van der Waals surface area contributed by atoms with Crippen molar-refractivity contribution in [1.29, 1.82) is 0 Å². The van der Waals surface area contributed by atoms with E-state index < -0.39 is 21.8 Å². The van der Waals surface area contributed by atoms with Crippen molar-refractivity contribution in [3.05, 3.63) is 64.7 Å². The third-order valence-corrected chi connectivity index (χ3v) is 7.22. The van der Waals surface area contributed by atoms with Gasteiger partial charge in [0, 0.05) is 19.0 Å². The molecular weight excluding hydrogens is 403 g/mol. The summed E-state index contributed by atoms with van der Waals surface area (Å²) in [5.74, 6) is 0.706. The first-order chi connectivity index (χ1) is 13.7. The Balaban J connectivity index is 1.51. The number of aryl methyl sites for hydroxylation is 1. The van der Waals surface area contributed by atoms with Crippen molar-refractivity contribution in [3.63, 3.8) is 0 Å². The molecule has 4 rings (SSSR count). The van der Waals surface area contributed by atoms with E-state index in [-0.39, 0.29) is 23.9 Å². The predicted octanol–water partition coefficient (Wildman–Crippen LogP) is 4.18. The number of fused-ring (bicyclic) bond motifs is 1. The van der Waals surface area contributed by atoms with Crippen molar-refractivity contribution < 1.29 is 26.3 Å². The van der Waals surface area contributed by atoms with E-state index in [0.29, 0.717) is 25.9 Å². The van der Waals surface area contributed by atoms with Crippen LogP contribution in [-0.2, 0) is 35.6 Å². The highest BCUT2D eigenvalue weighted by Crippen LogP contribution is 2.36. The maximum absolute atomic E-state index is 13.3. The second-order valence-electron chi connectivity index (χ2n) is 7.54. The molecule has 29 heavy (non-hydrogen) atoms. The Hall–Kier alpha value is -2.06. The molecule has 2 aromatic rings. The monoisotopic (exact) mass is 425 g/mol. The molecule has 1 aliphatic carbocycles. The molecule has 0 amide bonds. The Labute approximate surface area is 168 Å². The van der Waals surface area contributed by atoms with Gasteiger partial charge in [0.05, 0.1) is 17.9 Å². The van der Waals surface area contributed by atoms with Crippen molar-refractivity contribution in [2.45, 2.75) is 44.4 Å². The Kier molecular flexibility index (Phi) is 5.33. The number of ether oxygens (including phenoxy) is 1. The molecular formula is C21H22F3NO3S. The van der Waals surface area contributed by atoms with Gasteiger partial charge in [-0.05, 0) is 48.1 Å². The summed E-state index contributed by atoms with van der Waals surface area (Å²) in [6.45, 7) is 0.381. The van der Waals surface area contributed by atoms with Gasteiger partial charge >= 0.3 is 6.18 Å². The van der Waals surface area contributed by atoms with E-state index in [2.05, 4.69) is 0 Å². The Morgan fingerprint density at radius 1 is 1.10 bits per heavy atom. The zero-order chi connectivity index (χ0) is 20.6. The second kappa shape index (κ2) is 7.65. The van der Waals surface area contributed by atoms with E-state index in [1.165, 1.54) is 22.5 Å². The van der Waals surface area contributed by atoms with Gasteiger partial charge in [0.15, 0.2) is 0 Å². The molecule has 156 valence electrons. The fourth-order valence-electron chi connectivity index (χ4n) is 3.68. The van der Waals surface area contributed by atoms with E-state index in [1.54, 1.807) is 0 Å². The summed E-state index contributed by atoms with van der Waals surface area (Å²) < 4.78 is 72.7. The summed E-state index contributed by atoms with van der Waals surface area (Å²) in [6.07, 6.45) is -2.02. The largest absolute Gasteiger partial charge is 0.493 e. The van der Waals surface area contributed by atoms with Crippen LogP contribution in [0.4, 0.5) is 13.2 Å². The minimum atomic E-state index is -4.51. The van der Waals surface area contributed by atoms with E-state index in [4.69, 9.17) is 4.74 Å². The van der Waals surface area contributed by atoms with Crippen LogP contribution in [0, 0.1) is 0 Å².